The number of rotatable bonds is 0. The molecule has 0 saturated carbocycles. The Morgan fingerprint density at radius 2 is 0.800 bits per heavy atom. The van der Waals surface area contributed by atoms with E-state index in [-0.39, 0.29) is 66.0 Å². The van der Waals surface area contributed by atoms with Crippen LogP contribution < -0.4 is 6.15 Å². The molecule has 0 rings (SSSR count). The van der Waals surface area contributed by atoms with E-state index in [0.29, 0.717) is 0 Å². The van der Waals surface area contributed by atoms with Gasteiger partial charge in [-0.1, -0.05) is 0 Å². The van der Waals surface area contributed by atoms with Crippen LogP contribution in [0.3, 0.4) is 0 Å². The zero-order chi connectivity index (χ0) is 0. The summed E-state index contributed by atoms with van der Waals surface area (Å²) in [5.74, 6) is 0. The van der Waals surface area contributed by atoms with Gasteiger partial charge in [0.15, 0.2) is 0 Å². The Bertz CT molecular complexity index is 9.61. The third-order valence-electron chi connectivity index (χ3n) is 0. The molecule has 0 bridgehead atoms. The van der Waals surface area contributed by atoms with Gasteiger partial charge in [0.2, 0.25) is 0 Å². The van der Waals surface area contributed by atoms with Crippen molar-refractivity contribution in [2.45, 2.75) is 0 Å². The van der Waals surface area contributed by atoms with E-state index in [4.69, 9.17) is 0 Å². The van der Waals surface area contributed by atoms with Crippen LogP contribution in [0.2, 0.25) is 0 Å². The zero-order valence-electron chi connectivity index (χ0n) is 2.21. The summed E-state index contributed by atoms with van der Waals surface area (Å²) >= 11 is 0. The van der Waals surface area contributed by atoms with Crippen molar-refractivity contribution in [3.8, 4) is 0 Å². The molecule has 0 aromatic carbocycles. The molecule has 0 aromatic rings. The maximum atomic E-state index is 0. The molecule has 5 heteroatoms. The van der Waals surface area contributed by atoms with Crippen LogP contribution in [0.1, 0.15) is 0 Å². The first-order chi connectivity index (χ1) is 0. The first-order valence-electron chi connectivity index (χ1n) is 0. The van der Waals surface area contributed by atoms with Gasteiger partial charge in [0.05, 0.1) is 0 Å². The molecule has 0 aliphatic heterocycles. The van der Waals surface area contributed by atoms with Gasteiger partial charge in [0, 0.05) is 43.4 Å². The molecule has 0 atom stereocenters. The quantitative estimate of drug-likeness (QED) is 0.407. The van der Waals surface area contributed by atoms with E-state index in [1.807, 2.05) is 0 Å². The minimum atomic E-state index is 0. The molecule has 0 saturated heterocycles. The average Bonchev–Trinajstić information content (AvgIpc) is 0. The van der Waals surface area contributed by atoms with Crippen LogP contribution in [0.25, 0.3) is 0 Å². The third kappa shape index (κ3) is 28.9. The summed E-state index contributed by atoms with van der Waals surface area (Å²) < 4.78 is 0. The van der Waals surface area contributed by atoms with Crippen LogP contribution in [0.15, 0.2) is 0 Å². The molecule has 0 aliphatic carbocycles. The van der Waals surface area contributed by atoms with E-state index in [0.717, 1.165) is 0 Å². The summed E-state index contributed by atoms with van der Waals surface area (Å²) in [6.07, 6.45) is 0. The summed E-state index contributed by atoms with van der Waals surface area (Å²) in [5.41, 5.74) is 0. The Kier molecular flexibility index (Phi) is 786. The van der Waals surface area contributed by atoms with Crippen molar-refractivity contribution in [1.82, 2.24) is 6.15 Å². The first kappa shape index (κ1) is 83.0. The smallest absolute Gasteiger partial charge is 0 e. The fourth-order valence-corrected chi connectivity index (χ4v) is 0. The topological polar surface area (TPSA) is 66.5 Å². The van der Waals surface area contributed by atoms with Gasteiger partial charge in [0.25, 0.3) is 0 Å². The van der Waals surface area contributed by atoms with Gasteiger partial charge in [0.1, 0.15) is 0 Å². The van der Waals surface area contributed by atoms with Crippen LogP contribution >= 0.6 is 0 Å². The van der Waals surface area contributed by atoms with Crippen LogP contribution in [-0.4, -0.2) is 16.4 Å². The molecule has 0 spiro atoms. The predicted octanol–water partition coefficient (Wildman–Crippen LogP) is -2.12. The van der Waals surface area contributed by atoms with Crippen LogP contribution in [-0.2, 0) is 43.4 Å². The molecule has 32 valence electrons. The van der Waals surface area contributed by atoms with E-state index in [2.05, 4.69) is 0 Å². The summed E-state index contributed by atoms with van der Waals surface area (Å²) in [7, 11) is 0. The summed E-state index contributed by atoms with van der Waals surface area (Å²) in [4.78, 5) is 0. The molecular formula is H9NOSiTi2. The van der Waals surface area contributed by atoms with Crippen LogP contribution in [0, 0.1) is 0 Å². The van der Waals surface area contributed by atoms with Crippen molar-refractivity contribution < 1.29 is 48.9 Å². The van der Waals surface area contributed by atoms with Gasteiger partial charge in [-0.25, -0.2) is 0 Å². The molecule has 5 N–H and O–H groups in total. The Labute approximate surface area is 65.8 Å². The van der Waals surface area contributed by atoms with Crippen molar-refractivity contribution in [3.63, 3.8) is 0 Å². The van der Waals surface area contributed by atoms with Crippen molar-refractivity contribution >= 4 is 11.0 Å². The molecule has 0 aromatic heterocycles. The van der Waals surface area contributed by atoms with Crippen molar-refractivity contribution in [3.05, 3.63) is 0 Å². The second-order valence-corrected chi connectivity index (χ2v) is 0. The molecule has 0 fully saturated rings. The first-order valence-corrected chi connectivity index (χ1v) is 0. The van der Waals surface area contributed by atoms with Gasteiger partial charge in [-0.2, -0.15) is 0 Å². The zero-order valence-corrected chi connectivity index (χ0v) is 5.33. The molecule has 2 nitrogen and oxygen atoms in total. The second kappa shape index (κ2) is 47.3. The minimum Gasteiger partial charge on any atom is -0.412 e. The van der Waals surface area contributed by atoms with Crippen LogP contribution in [0.4, 0.5) is 0 Å². The van der Waals surface area contributed by atoms with Crippen molar-refractivity contribution in [1.29, 1.82) is 0 Å². The Balaban J connectivity index is 0. The van der Waals surface area contributed by atoms with Gasteiger partial charge in [-0.3, -0.25) is 0 Å². The standard InChI is InChI=1S/H3N.H2O.H4Si.2Ti/h1H3;1H2;1H4;;. The molecule has 0 unspecified atom stereocenters. The molecule has 0 heterocycles. The molecule has 5 heavy (non-hydrogen) atoms. The largest absolute Gasteiger partial charge is 0.412 e. The van der Waals surface area contributed by atoms with Gasteiger partial charge < -0.3 is 11.6 Å². The Morgan fingerprint density at radius 3 is 0.800 bits per heavy atom. The van der Waals surface area contributed by atoms with E-state index < -0.39 is 0 Å². The summed E-state index contributed by atoms with van der Waals surface area (Å²) in [6, 6.07) is 0. The minimum absolute atomic E-state index is 0. The normalized spacial score (nSPS) is 0. The van der Waals surface area contributed by atoms with E-state index in [9.17, 15) is 0 Å². The molecule has 0 aliphatic rings. The van der Waals surface area contributed by atoms with E-state index >= 15 is 0 Å². The maximum absolute atomic E-state index is 0. The third-order valence-corrected chi connectivity index (χ3v) is 0. The van der Waals surface area contributed by atoms with Gasteiger partial charge in [-0.05, 0) is 11.0 Å². The summed E-state index contributed by atoms with van der Waals surface area (Å²) in [5, 5.41) is 0. The Morgan fingerprint density at radius 1 is 0.800 bits per heavy atom. The fourth-order valence-electron chi connectivity index (χ4n) is 0. The van der Waals surface area contributed by atoms with Gasteiger partial charge >= 0.3 is 0 Å². The molecular weight excluding hydrogens is 154 g/mol. The van der Waals surface area contributed by atoms with E-state index in [1.54, 1.807) is 0 Å². The Hall–Kier alpha value is 1.57. The predicted molar refractivity (Wildman–Crippen MR) is 20.0 cm³/mol. The van der Waals surface area contributed by atoms with Crippen LogP contribution in [0.5, 0.6) is 0 Å². The van der Waals surface area contributed by atoms with Crippen molar-refractivity contribution in [2.75, 3.05) is 0 Å². The monoisotopic (exact) mass is 163 g/mol. The second-order valence-electron chi connectivity index (χ2n) is 0. The average molecular weight is 163 g/mol. The number of hydrogen-bond donors (Lipinski definition) is 1. The summed E-state index contributed by atoms with van der Waals surface area (Å²) in [6.45, 7) is 0. The SMILES string of the molecule is N.O.[SiH4].[Ti].[Ti]. The fraction of sp³-hybridized carbons (Fsp3) is 0. The molecule has 0 amide bonds. The molecule has 0 radical (unpaired) electrons. The van der Waals surface area contributed by atoms with E-state index in [1.165, 1.54) is 0 Å². The van der Waals surface area contributed by atoms with Gasteiger partial charge in [-0.15, -0.1) is 0 Å². The van der Waals surface area contributed by atoms with Crippen molar-refractivity contribution in [2.24, 2.45) is 0 Å². The number of hydrogen-bond acceptors (Lipinski definition) is 1. The maximum Gasteiger partial charge on any atom is 0 e.